The predicted molar refractivity (Wildman–Crippen MR) is 173 cm³/mol. The Bertz CT molecular complexity index is 1720. The van der Waals surface area contributed by atoms with E-state index < -0.39 is 24.2 Å². The number of rotatable bonds is 7. The minimum atomic E-state index is -5.08. The SMILES string of the molecule is CCOC(=O)c1cc(Br)cc(N2C(=O)c3c(NC4CCN(Cc5ccccc5)CC4)ccc4c3C(=O)C2C=C4)c1.O=C(O)C(F)(F)F. The molecule has 0 aromatic heterocycles. The van der Waals surface area contributed by atoms with E-state index in [1.54, 1.807) is 31.2 Å². The minimum Gasteiger partial charge on any atom is -0.475 e. The molecule has 1 atom stereocenters. The number of carbonyl (C=O) groups excluding carboxylic acids is 3. The molecular weight excluding hydrogens is 683 g/mol. The first-order valence-corrected chi connectivity index (χ1v) is 15.7. The van der Waals surface area contributed by atoms with Gasteiger partial charge in [0.25, 0.3) is 5.91 Å². The highest BCUT2D eigenvalue weighted by Crippen LogP contribution is 2.39. The summed E-state index contributed by atoms with van der Waals surface area (Å²) in [7, 11) is 0. The first kappa shape index (κ1) is 33.9. The second-order valence-corrected chi connectivity index (χ2v) is 12.1. The van der Waals surface area contributed by atoms with Crippen molar-refractivity contribution in [3.05, 3.63) is 99.0 Å². The quantitative estimate of drug-likeness (QED) is 0.264. The summed E-state index contributed by atoms with van der Waals surface area (Å²) in [6.07, 6.45) is 0.449. The average molecular weight is 715 g/mol. The summed E-state index contributed by atoms with van der Waals surface area (Å²) in [5.41, 5.74) is 4.38. The Morgan fingerprint density at radius 1 is 1.02 bits per heavy atom. The molecule has 0 radical (unpaired) electrons. The highest BCUT2D eigenvalue weighted by molar-refractivity contribution is 9.10. The monoisotopic (exact) mass is 713 g/mol. The van der Waals surface area contributed by atoms with Crippen molar-refractivity contribution in [3.8, 4) is 0 Å². The van der Waals surface area contributed by atoms with Gasteiger partial charge in [-0.1, -0.05) is 64.5 Å². The molecule has 1 aliphatic carbocycles. The van der Waals surface area contributed by atoms with Crippen molar-refractivity contribution in [1.82, 2.24) is 4.90 Å². The molecule has 0 spiro atoms. The zero-order valence-corrected chi connectivity index (χ0v) is 26.8. The minimum absolute atomic E-state index is 0.119. The van der Waals surface area contributed by atoms with Crippen LogP contribution in [-0.4, -0.2) is 71.6 Å². The number of ketones is 1. The van der Waals surface area contributed by atoms with Gasteiger partial charge in [-0.2, -0.15) is 13.2 Å². The second-order valence-electron chi connectivity index (χ2n) is 11.2. The van der Waals surface area contributed by atoms with Gasteiger partial charge in [0.2, 0.25) is 0 Å². The number of aliphatic carboxylic acids is 1. The third kappa shape index (κ3) is 7.57. The van der Waals surface area contributed by atoms with Gasteiger partial charge in [-0.15, -0.1) is 0 Å². The van der Waals surface area contributed by atoms with E-state index in [0.29, 0.717) is 32.5 Å². The third-order valence-corrected chi connectivity index (χ3v) is 8.49. The molecule has 2 bridgehead atoms. The zero-order valence-electron chi connectivity index (χ0n) is 25.2. The lowest BCUT2D eigenvalue weighted by Crippen LogP contribution is -2.51. The molecule has 47 heavy (non-hydrogen) atoms. The van der Waals surface area contributed by atoms with E-state index in [2.05, 4.69) is 50.4 Å². The summed E-state index contributed by atoms with van der Waals surface area (Å²) in [6, 6.07) is 18.7. The smallest absolute Gasteiger partial charge is 0.475 e. The number of hydrogen-bond donors (Lipinski definition) is 2. The van der Waals surface area contributed by atoms with Crippen LogP contribution in [0.2, 0.25) is 0 Å². The van der Waals surface area contributed by atoms with E-state index in [4.69, 9.17) is 14.6 Å². The number of benzene rings is 3. The van der Waals surface area contributed by atoms with E-state index in [0.717, 1.165) is 38.0 Å². The number of nitrogens with one attached hydrogen (secondary N) is 1. The van der Waals surface area contributed by atoms with Crippen molar-refractivity contribution < 1.29 is 42.2 Å². The number of carboxylic acids is 1. The molecule has 1 unspecified atom stereocenters. The van der Waals surface area contributed by atoms with Crippen molar-refractivity contribution in [1.29, 1.82) is 0 Å². The number of esters is 1. The fourth-order valence-corrected chi connectivity index (χ4v) is 6.35. The van der Waals surface area contributed by atoms with Crippen LogP contribution in [0.15, 0.2) is 71.2 Å². The van der Waals surface area contributed by atoms with Crippen molar-refractivity contribution in [2.75, 3.05) is 29.9 Å². The van der Waals surface area contributed by atoms with Gasteiger partial charge in [-0.05, 0) is 55.2 Å². The number of amides is 1. The maximum absolute atomic E-state index is 14.2. The summed E-state index contributed by atoms with van der Waals surface area (Å²) in [6.45, 7) is 4.81. The number of nitrogens with zero attached hydrogens (tertiary/aromatic N) is 2. The molecule has 1 amide bonds. The lowest BCUT2D eigenvalue weighted by molar-refractivity contribution is -0.192. The van der Waals surface area contributed by atoms with E-state index in [1.165, 1.54) is 10.5 Å². The average Bonchev–Trinajstić information content (AvgIpc) is 3.03. The first-order valence-electron chi connectivity index (χ1n) is 14.9. The van der Waals surface area contributed by atoms with Crippen LogP contribution in [0, 0.1) is 0 Å². The molecule has 6 rings (SSSR count). The van der Waals surface area contributed by atoms with Crippen molar-refractivity contribution in [2.24, 2.45) is 0 Å². The molecule has 3 aromatic carbocycles. The van der Waals surface area contributed by atoms with Gasteiger partial charge in [0.05, 0.1) is 17.7 Å². The Labute approximate surface area is 277 Å². The van der Waals surface area contributed by atoms with E-state index in [1.807, 2.05) is 24.3 Å². The molecule has 9 nitrogen and oxygen atoms in total. The molecule has 1 saturated heterocycles. The predicted octanol–water partition coefficient (Wildman–Crippen LogP) is 6.57. The maximum atomic E-state index is 14.2. The standard InChI is InChI=1S/C32H30BrN3O4.C2HF3O2/c1-2-40-32(39)22-16-23(33)18-25(17-22)36-27-11-9-21-8-10-26(29(31(36)38)28(21)30(27)37)34-24-12-14-35(15-13-24)19-20-6-4-3-5-7-20;3-2(4,5)1(6)7/h3-11,16-18,24,27,34H,2,12-15,19H2,1H3;(H,6,7). The highest BCUT2D eigenvalue weighted by Gasteiger charge is 2.43. The number of likely N-dealkylation sites (tertiary alicyclic amines) is 1. The maximum Gasteiger partial charge on any atom is 0.490 e. The number of hydrogen-bond acceptors (Lipinski definition) is 7. The molecule has 246 valence electrons. The third-order valence-electron chi connectivity index (χ3n) is 8.03. The summed E-state index contributed by atoms with van der Waals surface area (Å²) in [5.74, 6) is -3.62. The van der Waals surface area contributed by atoms with Crippen LogP contribution >= 0.6 is 15.9 Å². The topological polar surface area (TPSA) is 116 Å². The molecule has 1 fully saturated rings. The number of fused-ring (bicyclic) bond motifs is 1. The molecule has 3 aromatic rings. The van der Waals surface area contributed by atoms with Crippen LogP contribution in [0.25, 0.3) is 6.08 Å². The van der Waals surface area contributed by atoms with Crippen LogP contribution in [0.5, 0.6) is 0 Å². The summed E-state index contributed by atoms with van der Waals surface area (Å²) in [4.78, 5) is 53.2. The van der Waals surface area contributed by atoms with Gasteiger partial charge >= 0.3 is 18.1 Å². The Morgan fingerprint density at radius 2 is 1.70 bits per heavy atom. The lowest BCUT2D eigenvalue weighted by atomic mass is 9.82. The normalized spacial score (nSPS) is 17.6. The Hall–Kier alpha value is -4.49. The van der Waals surface area contributed by atoms with Gasteiger partial charge < -0.3 is 15.2 Å². The van der Waals surface area contributed by atoms with Crippen molar-refractivity contribution >= 4 is 57.0 Å². The van der Waals surface area contributed by atoms with Gasteiger partial charge in [0.1, 0.15) is 6.04 Å². The van der Waals surface area contributed by atoms with E-state index in [9.17, 15) is 27.6 Å². The number of ether oxygens (including phenoxy) is 1. The second kappa shape index (κ2) is 14.1. The lowest BCUT2D eigenvalue weighted by Gasteiger charge is -2.38. The fraction of sp³-hybridized carbons (Fsp3) is 0.294. The molecule has 2 heterocycles. The largest absolute Gasteiger partial charge is 0.490 e. The number of anilines is 2. The number of Topliss-reactive ketones (excluding diaryl/α,β-unsaturated/α-hetero) is 1. The van der Waals surface area contributed by atoms with Gasteiger partial charge in [-0.3, -0.25) is 19.4 Å². The number of halogens is 4. The Morgan fingerprint density at radius 3 is 2.34 bits per heavy atom. The van der Waals surface area contributed by atoms with Crippen LogP contribution in [0.4, 0.5) is 24.5 Å². The summed E-state index contributed by atoms with van der Waals surface area (Å²) in [5, 5.41) is 10.7. The fourth-order valence-electron chi connectivity index (χ4n) is 5.87. The van der Waals surface area contributed by atoms with Gasteiger partial charge in [0, 0.05) is 47.1 Å². The summed E-state index contributed by atoms with van der Waals surface area (Å²) < 4.78 is 37.5. The Balaban J connectivity index is 0.000000559. The molecule has 13 heteroatoms. The number of carbonyl (C=O) groups is 4. The van der Waals surface area contributed by atoms with Crippen LogP contribution in [-0.2, 0) is 16.1 Å². The molecule has 2 aliphatic heterocycles. The van der Waals surface area contributed by atoms with E-state index >= 15 is 0 Å². The molecular formula is C34H31BrF3N3O6. The highest BCUT2D eigenvalue weighted by atomic mass is 79.9. The number of piperidine rings is 1. The van der Waals surface area contributed by atoms with Crippen LogP contribution in [0.1, 0.15) is 62.0 Å². The molecule has 3 aliphatic rings. The molecule has 0 saturated carbocycles. The van der Waals surface area contributed by atoms with Crippen LogP contribution < -0.4 is 10.2 Å². The first-order chi connectivity index (χ1) is 22.4. The van der Waals surface area contributed by atoms with Crippen molar-refractivity contribution in [3.63, 3.8) is 0 Å². The molecule has 2 N–H and O–H groups in total. The zero-order chi connectivity index (χ0) is 33.9. The van der Waals surface area contributed by atoms with Gasteiger partial charge in [0.15, 0.2) is 5.78 Å². The van der Waals surface area contributed by atoms with Crippen LogP contribution in [0.3, 0.4) is 0 Å². The Kier molecular flexibility index (Phi) is 10.2. The number of alkyl halides is 3. The van der Waals surface area contributed by atoms with E-state index in [-0.39, 0.29) is 24.3 Å². The van der Waals surface area contributed by atoms with Gasteiger partial charge in [-0.25, -0.2) is 9.59 Å². The summed E-state index contributed by atoms with van der Waals surface area (Å²) >= 11 is 3.46. The number of carboxylic acid groups (broad SMARTS) is 1. The van der Waals surface area contributed by atoms with Crippen molar-refractivity contribution in [2.45, 2.75) is 44.6 Å².